The van der Waals surface area contributed by atoms with Crippen LogP contribution in [0.15, 0.2) is 47.8 Å². The molecule has 0 saturated heterocycles. The fourth-order valence-electron chi connectivity index (χ4n) is 2.66. The predicted octanol–water partition coefficient (Wildman–Crippen LogP) is 1.74. The topological polar surface area (TPSA) is 108 Å². The molecule has 6 heteroatoms. The van der Waals surface area contributed by atoms with Gasteiger partial charge in [0.2, 0.25) is 0 Å². The third-order valence-electron chi connectivity index (χ3n) is 3.92. The van der Waals surface area contributed by atoms with E-state index in [2.05, 4.69) is 0 Å². The van der Waals surface area contributed by atoms with Crippen LogP contribution < -0.4 is 16.2 Å². The second-order valence-electron chi connectivity index (χ2n) is 6.72. The molecule has 25 heavy (non-hydrogen) atoms. The number of carbonyl (C=O) groups excluding carboxylic acids is 1. The Balaban J connectivity index is 1.81. The van der Waals surface area contributed by atoms with Crippen LogP contribution in [-0.2, 0) is 4.74 Å². The Morgan fingerprint density at radius 3 is 2.40 bits per heavy atom. The molecule has 0 aliphatic heterocycles. The van der Waals surface area contributed by atoms with Gasteiger partial charge in [0.15, 0.2) is 5.78 Å². The van der Waals surface area contributed by atoms with Crippen LogP contribution in [0.2, 0.25) is 0 Å². The fourth-order valence-corrected chi connectivity index (χ4v) is 2.66. The lowest BCUT2D eigenvalue weighted by molar-refractivity contribution is 0.0334. The first-order chi connectivity index (χ1) is 11.7. The Hall–Kier alpha value is -2.31. The lowest BCUT2D eigenvalue weighted by Crippen LogP contribution is -2.32. The van der Waals surface area contributed by atoms with Gasteiger partial charge >= 0.3 is 0 Å². The molecule has 1 aliphatic rings. The van der Waals surface area contributed by atoms with Gasteiger partial charge in [-0.05, 0) is 44.2 Å². The van der Waals surface area contributed by atoms with Crippen LogP contribution in [0, 0.1) is 5.92 Å². The molecule has 2 rings (SSSR count). The van der Waals surface area contributed by atoms with E-state index in [9.17, 15) is 9.90 Å². The Morgan fingerprint density at radius 1 is 1.20 bits per heavy atom. The van der Waals surface area contributed by atoms with Gasteiger partial charge in [-0.15, -0.1) is 0 Å². The van der Waals surface area contributed by atoms with Crippen LogP contribution >= 0.6 is 0 Å². The summed E-state index contributed by atoms with van der Waals surface area (Å²) in [4.78, 5) is 12.0. The third-order valence-corrected chi connectivity index (χ3v) is 3.92. The van der Waals surface area contributed by atoms with Crippen molar-refractivity contribution in [3.05, 3.63) is 53.4 Å². The number of allylic oxidation sites excluding steroid dienone is 1. The van der Waals surface area contributed by atoms with Crippen molar-refractivity contribution in [2.24, 2.45) is 17.4 Å². The van der Waals surface area contributed by atoms with Gasteiger partial charge in [0, 0.05) is 22.9 Å². The zero-order chi connectivity index (χ0) is 18.6. The van der Waals surface area contributed by atoms with Gasteiger partial charge in [-0.2, -0.15) is 0 Å². The molecule has 0 fully saturated rings. The van der Waals surface area contributed by atoms with Crippen LogP contribution in [0.25, 0.3) is 0 Å². The number of hydrogen-bond acceptors (Lipinski definition) is 6. The van der Waals surface area contributed by atoms with Gasteiger partial charge in [0.1, 0.15) is 24.1 Å². The highest BCUT2D eigenvalue weighted by molar-refractivity contribution is 6.01. The molecule has 0 aromatic heterocycles. The summed E-state index contributed by atoms with van der Waals surface area (Å²) in [6, 6.07) is 6.65. The largest absolute Gasteiger partial charge is 0.491 e. The summed E-state index contributed by atoms with van der Waals surface area (Å²) >= 11 is 0. The van der Waals surface area contributed by atoms with Crippen LogP contribution in [0.4, 0.5) is 0 Å². The maximum Gasteiger partial charge on any atom is 0.193 e. The maximum atomic E-state index is 12.0. The fraction of sp³-hybridized carbons (Fsp3) is 0.421. The van der Waals surface area contributed by atoms with Crippen molar-refractivity contribution in [1.82, 2.24) is 0 Å². The van der Waals surface area contributed by atoms with E-state index in [0.29, 0.717) is 35.9 Å². The number of Topliss-reactive ketones (excluding diaryl/α,β-unsaturated/α-hetero) is 1. The molecule has 5 N–H and O–H groups in total. The lowest BCUT2D eigenvalue weighted by Gasteiger charge is -2.26. The van der Waals surface area contributed by atoms with Gasteiger partial charge in [0.25, 0.3) is 0 Å². The Morgan fingerprint density at radius 2 is 1.84 bits per heavy atom. The predicted molar refractivity (Wildman–Crippen MR) is 96.0 cm³/mol. The smallest absolute Gasteiger partial charge is 0.193 e. The minimum Gasteiger partial charge on any atom is -0.491 e. The van der Waals surface area contributed by atoms with Gasteiger partial charge < -0.3 is 26.0 Å². The average Bonchev–Trinajstić information content (AvgIpc) is 2.52. The zero-order valence-corrected chi connectivity index (χ0v) is 14.9. The first-order valence-electron chi connectivity index (χ1n) is 8.24. The number of rotatable bonds is 7. The summed E-state index contributed by atoms with van der Waals surface area (Å²) in [6.07, 6.45) is 3.42. The molecule has 0 heterocycles. The highest BCUT2D eigenvalue weighted by Gasteiger charge is 2.25. The van der Waals surface area contributed by atoms with Crippen molar-refractivity contribution in [3.63, 3.8) is 0 Å². The summed E-state index contributed by atoms with van der Waals surface area (Å²) < 4.78 is 11.4. The van der Waals surface area contributed by atoms with Crippen molar-refractivity contribution in [2.75, 3.05) is 13.2 Å². The normalized spacial score (nSPS) is 20.6. The number of hydrogen-bond donors (Lipinski definition) is 3. The molecule has 0 spiro atoms. The molecule has 2 atom stereocenters. The summed E-state index contributed by atoms with van der Waals surface area (Å²) in [6.45, 7) is 5.66. The van der Waals surface area contributed by atoms with Crippen LogP contribution in [0.3, 0.4) is 0 Å². The molecular formula is C19H26N2O4. The van der Waals surface area contributed by atoms with Crippen molar-refractivity contribution in [3.8, 4) is 5.75 Å². The van der Waals surface area contributed by atoms with E-state index >= 15 is 0 Å². The minimum atomic E-state index is -1.39. The molecule has 0 amide bonds. The molecule has 1 aromatic carbocycles. The summed E-state index contributed by atoms with van der Waals surface area (Å²) in [5, 5.41) is 9.74. The first-order valence-corrected chi connectivity index (χ1v) is 8.24. The number of carbonyl (C=O) groups is 1. The van der Waals surface area contributed by atoms with Crippen LogP contribution in [0.1, 0.15) is 31.1 Å². The van der Waals surface area contributed by atoms with Crippen LogP contribution in [-0.4, -0.2) is 35.8 Å². The Labute approximate surface area is 148 Å². The van der Waals surface area contributed by atoms with E-state index in [1.165, 1.54) is 13.8 Å². The van der Waals surface area contributed by atoms with Gasteiger partial charge in [-0.1, -0.05) is 13.0 Å². The molecule has 2 unspecified atom stereocenters. The SMILES string of the molecule is CC1C=C(N)C=C(N)C1OCCOc1ccc(C(=O)C(C)(C)O)cc1. The lowest BCUT2D eigenvalue weighted by atomic mass is 9.95. The average molecular weight is 346 g/mol. The number of nitrogens with two attached hydrogens (primary N) is 2. The molecule has 0 bridgehead atoms. The maximum absolute atomic E-state index is 12.0. The van der Waals surface area contributed by atoms with Crippen molar-refractivity contribution in [2.45, 2.75) is 32.5 Å². The molecule has 0 saturated carbocycles. The van der Waals surface area contributed by atoms with Crippen molar-refractivity contribution >= 4 is 5.78 Å². The van der Waals surface area contributed by atoms with E-state index in [1.807, 2.05) is 13.0 Å². The second kappa shape index (κ2) is 7.72. The van der Waals surface area contributed by atoms with E-state index in [4.69, 9.17) is 20.9 Å². The molecule has 1 aliphatic carbocycles. The van der Waals surface area contributed by atoms with Crippen LogP contribution in [0.5, 0.6) is 5.75 Å². The first kappa shape index (κ1) is 19.0. The Bertz CT molecular complexity index is 672. The van der Waals surface area contributed by atoms with Gasteiger partial charge in [-0.3, -0.25) is 4.79 Å². The van der Waals surface area contributed by atoms with Crippen molar-refractivity contribution < 1.29 is 19.4 Å². The molecule has 6 nitrogen and oxygen atoms in total. The number of aliphatic hydroxyl groups is 1. The summed E-state index contributed by atoms with van der Waals surface area (Å²) in [5.74, 6) is 0.403. The zero-order valence-electron chi connectivity index (χ0n) is 14.9. The minimum absolute atomic E-state index is 0.108. The highest BCUT2D eigenvalue weighted by Crippen LogP contribution is 2.21. The highest BCUT2D eigenvalue weighted by atomic mass is 16.5. The second-order valence-corrected chi connectivity index (χ2v) is 6.72. The molecule has 0 radical (unpaired) electrons. The number of ketones is 1. The van der Waals surface area contributed by atoms with Gasteiger partial charge in [0.05, 0.1) is 6.61 Å². The number of ether oxygens (including phenoxy) is 2. The number of benzene rings is 1. The van der Waals surface area contributed by atoms with E-state index in [0.717, 1.165) is 0 Å². The Kier molecular flexibility index (Phi) is 5.87. The van der Waals surface area contributed by atoms with Gasteiger partial charge in [-0.25, -0.2) is 0 Å². The third kappa shape index (κ3) is 5.08. The molecular weight excluding hydrogens is 320 g/mol. The summed E-state index contributed by atoms with van der Waals surface area (Å²) in [5.41, 5.74) is 12.0. The molecule has 136 valence electrons. The quantitative estimate of drug-likeness (QED) is 0.513. The standard InChI is InChI=1S/C19H26N2O4/c1-12-10-14(20)11-16(21)17(12)25-9-8-24-15-6-4-13(5-7-15)18(22)19(2,3)23/h4-7,10-12,17,23H,8-9,20-21H2,1-3H3. The van der Waals surface area contributed by atoms with Crippen molar-refractivity contribution in [1.29, 1.82) is 0 Å². The van der Waals surface area contributed by atoms with E-state index in [1.54, 1.807) is 30.3 Å². The van der Waals surface area contributed by atoms with E-state index in [-0.39, 0.29) is 17.8 Å². The molecule has 1 aromatic rings. The summed E-state index contributed by atoms with van der Waals surface area (Å²) in [7, 11) is 0. The van der Waals surface area contributed by atoms with E-state index < -0.39 is 5.60 Å². The monoisotopic (exact) mass is 346 g/mol.